The van der Waals surface area contributed by atoms with Crippen LogP contribution in [-0.2, 0) is 4.74 Å². The summed E-state index contributed by atoms with van der Waals surface area (Å²) in [6.45, 7) is 8.48. The van der Waals surface area contributed by atoms with Crippen molar-refractivity contribution in [2.24, 2.45) is 0 Å². The van der Waals surface area contributed by atoms with Crippen molar-refractivity contribution >= 4 is 11.8 Å². The first-order chi connectivity index (χ1) is 11.2. The maximum atomic E-state index is 12.0. The molecule has 2 rings (SSSR count). The lowest BCUT2D eigenvalue weighted by Gasteiger charge is -2.33. The quantitative estimate of drug-likeness (QED) is 0.621. The van der Waals surface area contributed by atoms with Gasteiger partial charge in [-0.25, -0.2) is 4.79 Å². The lowest BCUT2D eigenvalue weighted by molar-refractivity contribution is -0.384. The molecule has 132 valence electrons. The number of carbonyl (C=O) groups excluding carboxylic acids is 1. The molecule has 0 spiro atoms. The smallest absolute Gasteiger partial charge is 0.410 e. The van der Waals surface area contributed by atoms with Crippen molar-refractivity contribution in [1.29, 1.82) is 0 Å². The number of likely N-dealkylation sites (tertiary alicyclic amines) is 1. The fourth-order valence-electron chi connectivity index (χ4n) is 2.54. The molecular formula is C17H24N2O5. The first-order valence-electron chi connectivity index (χ1n) is 8.05. The predicted molar refractivity (Wildman–Crippen MR) is 89.3 cm³/mol. The normalized spacial score (nSPS) is 15.9. The standard InChI is InChI=1S/C17H24N2O5/c1-12-11-13(19(21)22)5-6-15(12)23-14-7-9-18(10-8-14)16(20)24-17(2,3)4/h5-6,11,14H,7-10H2,1-4H3. The van der Waals surface area contributed by atoms with Gasteiger partial charge < -0.3 is 14.4 Å². The van der Waals surface area contributed by atoms with Crippen LogP contribution >= 0.6 is 0 Å². The van der Waals surface area contributed by atoms with Gasteiger partial charge in [0.1, 0.15) is 17.5 Å². The van der Waals surface area contributed by atoms with Gasteiger partial charge in [0.25, 0.3) is 5.69 Å². The minimum Gasteiger partial charge on any atom is -0.490 e. The van der Waals surface area contributed by atoms with Gasteiger partial charge in [0.2, 0.25) is 0 Å². The topological polar surface area (TPSA) is 81.9 Å². The maximum Gasteiger partial charge on any atom is 0.410 e. The van der Waals surface area contributed by atoms with Gasteiger partial charge >= 0.3 is 6.09 Å². The van der Waals surface area contributed by atoms with E-state index in [2.05, 4.69) is 0 Å². The van der Waals surface area contributed by atoms with Crippen LogP contribution < -0.4 is 4.74 Å². The highest BCUT2D eigenvalue weighted by Gasteiger charge is 2.27. The van der Waals surface area contributed by atoms with E-state index in [0.29, 0.717) is 31.7 Å². The molecule has 1 amide bonds. The Hall–Kier alpha value is -2.31. The summed E-state index contributed by atoms with van der Waals surface area (Å²) in [5.41, 5.74) is 0.290. The number of amides is 1. The Kier molecular flexibility index (Phi) is 5.31. The number of aryl methyl sites for hydroxylation is 1. The average Bonchev–Trinajstić information content (AvgIpc) is 2.48. The van der Waals surface area contributed by atoms with Gasteiger partial charge in [-0.1, -0.05) is 0 Å². The molecule has 0 radical (unpaired) electrons. The van der Waals surface area contributed by atoms with E-state index in [9.17, 15) is 14.9 Å². The highest BCUT2D eigenvalue weighted by molar-refractivity contribution is 5.68. The second kappa shape index (κ2) is 7.07. The second-order valence-electron chi connectivity index (χ2n) is 6.99. The molecule has 1 saturated heterocycles. The van der Waals surface area contributed by atoms with Gasteiger partial charge in [0.15, 0.2) is 0 Å². The summed E-state index contributed by atoms with van der Waals surface area (Å²) < 4.78 is 11.3. The third kappa shape index (κ3) is 4.84. The molecule has 24 heavy (non-hydrogen) atoms. The van der Waals surface area contributed by atoms with Crippen molar-refractivity contribution in [3.8, 4) is 5.75 Å². The average molecular weight is 336 g/mol. The van der Waals surface area contributed by atoms with Crippen LogP contribution in [0.4, 0.5) is 10.5 Å². The number of carbonyl (C=O) groups is 1. The van der Waals surface area contributed by atoms with E-state index in [0.717, 1.165) is 5.56 Å². The number of nitro groups is 1. The van der Waals surface area contributed by atoms with Crippen LogP contribution in [-0.4, -0.2) is 40.7 Å². The van der Waals surface area contributed by atoms with Crippen LogP contribution in [0.1, 0.15) is 39.2 Å². The fraction of sp³-hybridized carbons (Fsp3) is 0.588. The van der Waals surface area contributed by atoms with E-state index in [1.807, 2.05) is 20.8 Å². The first kappa shape index (κ1) is 18.0. The van der Waals surface area contributed by atoms with Crippen LogP contribution in [0.2, 0.25) is 0 Å². The summed E-state index contributed by atoms with van der Waals surface area (Å²) >= 11 is 0. The minimum atomic E-state index is -0.500. The number of rotatable bonds is 3. The molecule has 0 aromatic heterocycles. The SMILES string of the molecule is Cc1cc([N+](=O)[O-])ccc1OC1CCN(C(=O)OC(C)(C)C)CC1. The molecular weight excluding hydrogens is 312 g/mol. The van der Waals surface area contributed by atoms with Gasteiger partial charge in [-0.3, -0.25) is 10.1 Å². The maximum absolute atomic E-state index is 12.0. The molecule has 7 nitrogen and oxygen atoms in total. The first-order valence-corrected chi connectivity index (χ1v) is 8.05. The van der Waals surface area contributed by atoms with Crippen molar-refractivity contribution in [1.82, 2.24) is 4.90 Å². The number of ether oxygens (including phenoxy) is 2. The molecule has 0 atom stereocenters. The molecule has 0 saturated carbocycles. The number of benzene rings is 1. The van der Waals surface area contributed by atoms with Crippen LogP contribution in [0.15, 0.2) is 18.2 Å². The molecule has 1 aliphatic rings. The number of nitro benzene ring substituents is 1. The van der Waals surface area contributed by atoms with Gasteiger partial charge in [-0.15, -0.1) is 0 Å². The summed E-state index contributed by atoms with van der Waals surface area (Å²) in [4.78, 5) is 24.1. The Morgan fingerprint density at radius 3 is 2.42 bits per heavy atom. The highest BCUT2D eigenvalue weighted by Crippen LogP contribution is 2.26. The molecule has 7 heteroatoms. The fourth-order valence-corrected chi connectivity index (χ4v) is 2.54. The largest absolute Gasteiger partial charge is 0.490 e. The zero-order valence-corrected chi connectivity index (χ0v) is 14.6. The van der Waals surface area contributed by atoms with E-state index >= 15 is 0 Å². The molecule has 0 N–H and O–H groups in total. The zero-order chi connectivity index (χ0) is 17.9. The Labute approximate surface area is 141 Å². The van der Waals surface area contributed by atoms with Crippen molar-refractivity contribution in [2.45, 2.75) is 52.2 Å². The Morgan fingerprint density at radius 1 is 1.29 bits per heavy atom. The molecule has 1 aliphatic heterocycles. The summed E-state index contributed by atoms with van der Waals surface area (Å²) in [6.07, 6.45) is 1.10. The summed E-state index contributed by atoms with van der Waals surface area (Å²) in [5.74, 6) is 0.649. The van der Waals surface area contributed by atoms with Crippen LogP contribution in [0.5, 0.6) is 5.75 Å². The van der Waals surface area contributed by atoms with Crippen LogP contribution in [0, 0.1) is 17.0 Å². The Balaban J connectivity index is 1.89. The minimum absolute atomic E-state index is 0.0103. The molecule has 1 aromatic rings. The monoisotopic (exact) mass is 336 g/mol. The van der Waals surface area contributed by atoms with E-state index in [4.69, 9.17) is 9.47 Å². The second-order valence-corrected chi connectivity index (χ2v) is 6.99. The zero-order valence-electron chi connectivity index (χ0n) is 14.6. The number of piperidine rings is 1. The lowest BCUT2D eigenvalue weighted by atomic mass is 10.1. The van der Waals surface area contributed by atoms with Crippen LogP contribution in [0.25, 0.3) is 0 Å². The third-order valence-electron chi connectivity index (χ3n) is 3.76. The number of hydrogen-bond donors (Lipinski definition) is 0. The Bertz CT molecular complexity index is 616. The molecule has 1 heterocycles. The number of non-ortho nitro benzene ring substituents is 1. The molecule has 0 aliphatic carbocycles. The van der Waals surface area contributed by atoms with Crippen molar-refractivity contribution in [3.63, 3.8) is 0 Å². The molecule has 0 unspecified atom stereocenters. The van der Waals surface area contributed by atoms with E-state index < -0.39 is 10.5 Å². The van der Waals surface area contributed by atoms with Crippen molar-refractivity contribution < 1.29 is 19.2 Å². The molecule has 0 bridgehead atoms. The third-order valence-corrected chi connectivity index (χ3v) is 3.76. The van der Waals surface area contributed by atoms with Gasteiger partial charge in [0.05, 0.1) is 4.92 Å². The summed E-state index contributed by atoms with van der Waals surface area (Å²) in [6, 6.07) is 4.58. The number of nitrogens with zero attached hydrogens (tertiary/aromatic N) is 2. The molecule has 1 aromatic carbocycles. The van der Waals surface area contributed by atoms with E-state index in [-0.39, 0.29) is 17.9 Å². The summed E-state index contributed by atoms with van der Waals surface area (Å²) in [7, 11) is 0. The van der Waals surface area contributed by atoms with E-state index in [1.54, 1.807) is 17.9 Å². The number of hydrogen-bond acceptors (Lipinski definition) is 5. The van der Waals surface area contributed by atoms with Gasteiger partial charge in [-0.05, 0) is 39.3 Å². The van der Waals surface area contributed by atoms with Gasteiger partial charge in [0, 0.05) is 38.1 Å². The van der Waals surface area contributed by atoms with Crippen LogP contribution in [0.3, 0.4) is 0 Å². The molecule has 1 fully saturated rings. The highest BCUT2D eigenvalue weighted by atomic mass is 16.6. The summed E-state index contributed by atoms with van der Waals surface area (Å²) in [5, 5.41) is 10.8. The van der Waals surface area contributed by atoms with E-state index in [1.165, 1.54) is 12.1 Å². The predicted octanol–water partition coefficient (Wildman–Crippen LogP) is 3.68. The van der Waals surface area contributed by atoms with Gasteiger partial charge in [-0.2, -0.15) is 0 Å². The van der Waals surface area contributed by atoms with Crippen molar-refractivity contribution in [3.05, 3.63) is 33.9 Å². The lowest BCUT2D eigenvalue weighted by Crippen LogP contribution is -2.44. The Morgan fingerprint density at radius 2 is 1.92 bits per heavy atom. The van der Waals surface area contributed by atoms with Crippen molar-refractivity contribution in [2.75, 3.05) is 13.1 Å².